The van der Waals surface area contributed by atoms with Gasteiger partial charge in [-0.1, -0.05) is 335 Å². The molecule has 0 aliphatic carbocycles. The standard InChI is InChI=1S/C52H38BNO.C50H34BNO/c1-35-14-9-11-21-48(35)53(49-22-12-10-15-36(49)2)40-27-26-37-32-39(25-24-38(37)33-40)44-30-31-47-45-29-28-43(34-51(45)55-50-23-13-20-46(44)52(47)50)54(41-16-5-3-6-17-41)42-18-7-4-8-19-42;1-5-14-38(15-6-1)51(39-16-7-2-8-17-39)40-27-26-35-32-37(25-24-36(35)33-40)44-30-31-47-45-29-28-43(34-49(45)53-48-23-13-22-46(44)50(47)48)52(41-18-9-3-10-19-41)42-20-11-4-12-21-42/h3-34H,1-2H3;1-34H. The van der Waals surface area contributed by atoms with Crippen LogP contribution in [-0.2, 0) is 0 Å². The third-order valence-electron chi connectivity index (χ3n) is 21.8. The maximum Gasteiger partial charge on any atom is 0.241 e. The molecule has 0 saturated carbocycles. The van der Waals surface area contributed by atoms with E-state index < -0.39 is 0 Å². The van der Waals surface area contributed by atoms with E-state index in [0.717, 1.165) is 79.0 Å². The fraction of sp³-hybridized carbons (Fsp3) is 0.0196. The van der Waals surface area contributed by atoms with Crippen LogP contribution in [0.15, 0.2) is 400 Å². The molecule has 0 amide bonds. The molecule has 2 aliphatic rings. The highest BCUT2D eigenvalue weighted by molar-refractivity contribution is 6.96. The largest absolute Gasteiger partial charge is 0.456 e. The lowest BCUT2D eigenvalue weighted by Gasteiger charge is -2.28. The fourth-order valence-electron chi connectivity index (χ4n) is 16.7. The van der Waals surface area contributed by atoms with E-state index in [0.29, 0.717) is 0 Å². The molecule has 20 rings (SSSR count). The summed E-state index contributed by atoms with van der Waals surface area (Å²) in [4.78, 5) is 4.55. The number of ether oxygens (including phenoxy) is 2. The van der Waals surface area contributed by atoms with Gasteiger partial charge < -0.3 is 19.3 Å². The number of para-hydroxylation sites is 4. The van der Waals surface area contributed by atoms with Crippen molar-refractivity contribution >= 4 is 123 Å². The zero-order valence-corrected chi connectivity index (χ0v) is 60.0. The smallest absolute Gasteiger partial charge is 0.241 e. The van der Waals surface area contributed by atoms with Crippen molar-refractivity contribution in [2.45, 2.75) is 13.8 Å². The Bertz CT molecular complexity index is 6250. The average Bonchev–Trinajstić information content (AvgIpc) is 0.736. The van der Waals surface area contributed by atoms with Gasteiger partial charge in [0.1, 0.15) is 23.0 Å². The van der Waals surface area contributed by atoms with Gasteiger partial charge in [0.05, 0.1) is 0 Å². The van der Waals surface area contributed by atoms with E-state index in [2.05, 4.69) is 424 Å². The van der Waals surface area contributed by atoms with Gasteiger partial charge >= 0.3 is 0 Å². The van der Waals surface area contributed by atoms with Gasteiger partial charge in [-0.15, -0.1) is 0 Å². The Morgan fingerprint density at radius 1 is 0.213 bits per heavy atom. The Kier molecular flexibility index (Phi) is 16.9. The molecule has 6 heteroatoms. The van der Waals surface area contributed by atoms with Crippen molar-refractivity contribution in [3.05, 3.63) is 412 Å². The SMILES string of the molecule is Cc1ccccc1B(c1ccc2cc(-c3ccc4c5c(cccc35)Oc3cc(N(c5ccccc5)c5ccccc5)ccc3-4)ccc2c1)c1ccccc1C.c1ccc(B(c2ccccc2)c2ccc3cc(-c4ccc5c6c(cccc46)Oc4cc(N(c6ccccc6)c6ccccc6)ccc4-5)ccc3c2)cc1. The Balaban J connectivity index is 0.000000147. The molecule has 0 aromatic heterocycles. The monoisotopic (exact) mass is 1380 g/mol. The number of hydrogen-bond acceptors (Lipinski definition) is 4. The van der Waals surface area contributed by atoms with Crippen LogP contribution in [0, 0.1) is 13.8 Å². The third kappa shape index (κ3) is 12.1. The quantitative estimate of drug-likeness (QED) is 0.101. The minimum absolute atomic E-state index is 0.158. The van der Waals surface area contributed by atoms with Crippen LogP contribution in [0.5, 0.6) is 23.0 Å². The molecule has 0 radical (unpaired) electrons. The van der Waals surface area contributed by atoms with E-state index in [1.54, 1.807) is 0 Å². The van der Waals surface area contributed by atoms with Crippen LogP contribution in [0.1, 0.15) is 11.1 Å². The van der Waals surface area contributed by atoms with Gasteiger partial charge in [0.2, 0.25) is 13.4 Å². The van der Waals surface area contributed by atoms with Crippen LogP contribution >= 0.6 is 0 Å². The molecule has 0 saturated heterocycles. The first-order valence-corrected chi connectivity index (χ1v) is 37.2. The molecule has 508 valence electrons. The molecule has 0 spiro atoms. The summed E-state index contributed by atoms with van der Waals surface area (Å²) >= 11 is 0. The predicted molar refractivity (Wildman–Crippen MR) is 459 cm³/mol. The Labute approximate surface area is 631 Å². The van der Waals surface area contributed by atoms with Crippen molar-refractivity contribution in [1.82, 2.24) is 0 Å². The predicted octanol–water partition coefficient (Wildman–Crippen LogP) is 23.5. The summed E-state index contributed by atoms with van der Waals surface area (Å²) in [7, 11) is 0. The van der Waals surface area contributed by atoms with E-state index in [-0.39, 0.29) is 13.4 Å². The molecule has 0 bridgehead atoms. The molecule has 2 heterocycles. The maximum absolute atomic E-state index is 6.77. The first kappa shape index (κ1) is 65.1. The fourth-order valence-corrected chi connectivity index (χ4v) is 16.7. The molecule has 0 unspecified atom stereocenters. The lowest BCUT2D eigenvalue weighted by molar-refractivity contribution is 0.487. The van der Waals surface area contributed by atoms with E-state index in [4.69, 9.17) is 9.47 Å². The molecular formula is C102H72B2N2O2. The molecule has 0 fully saturated rings. The van der Waals surface area contributed by atoms with Crippen LogP contribution in [0.3, 0.4) is 0 Å². The van der Waals surface area contributed by atoms with Crippen molar-refractivity contribution in [3.63, 3.8) is 0 Å². The molecule has 18 aromatic carbocycles. The molecular weight excluding hydrogens is 1310 g/mol. The number of anilines is 6. The molecule has 4 nitrogen and oxygen atoms in total. The number of hydrogen-bond donors (Lipinski definition) is 0. The van der Waals surface area contributed by atoms with Crippen molar-refractivity contribution in [3.8, 4) is 67.5 Å². The highest BCUT2D eigenvalue weighted by atomic mass is 16.5. The van der Waals surface area contributed by atoms with Crippen molar-refractivity contribution < 1.29 is 9.47 Å². The Hall–Kier alpha value is -13.7. The maximum atomic E-state index is 6.77. The third-order valence-corrected chi connectivity index (χ3v) is 21.8. The normalized spacial score (nSPS) is 11.6. The van der Waals surface area contributed by atoms with Gasteiger partial charge in [0.15, 0.2) is 0 Å². The van der Waals surface area contributed by atoms with Crippen LogP contribution in [0.4, 0.5) is 34.1 Å². The second-order valence-corrected chi connectivity index (χ2v) is 28.3. The van der Waals surface area contributed by atoms with Gasteiger partial charge in [-0.05, 0) is 177 Å². The van der Waals surface area contributed by atoms with Crippen molar-refractivity contribution in [2.24, 2.45) is 0 Å². The van der Waals surface area contributed by atoms with Gasteiger partial charge in [-0.2, -0.15) is 0 Å². The second kappa shape index (κ2) is 28.1. The van der Waals surface area contributed by atoms with E-state index >= 15 is 0 Å². The summed E-state index contributed by atoms with van der Waals surface area (Å²) in [5.41, 5.74) is 26.4. The van der Waals surface area contributed by atoms with Gasteiger partial charge in [0.25, 0.3) is 0 Å². The summed E-state index contributed by atoms with van der Waals surface area (Å²) in [6.07, 6.45) is 0. The minimum atomic E-state index is 0.158. The number of nitrogens with zero attached hydrogens (tertiary/aromatic N) is 2. The summed E-state index contributed by atoms with van der Waals surface area (Å²) in [6, 6.07) is 144. The Morgan fingerprint density at radius 2 is 0.546 bits per heavy atom. The number of rotatable bonds is 14. The summed E-state index contributed by atoms with van der Waals surface area (Å²) in [5.74, 6) is 3.48. The van der Waals surface area contributed by atoms with Crippen molar-refractivity contribution in [1.29, 1.82) is 0 Å². The zero-order valence-electron chi connectivity index (χ0n) is 60.0. The number of aryl methyl sites for hydroxylation is 2. The molecule has 108 heavy (non-hydrogen) atoms. The van der Waals surface area contributed by atoms with E-state index in [1.807, 2.05) is 0 Å². The summed E-state index contributed by atoms with van der Waals surface area (Å²) in [6.45, 7) is 4.77. The lowest BCUT2D eigenvalue weighted by atomic mass is 9.35. The molecule has 0 N–H and O–H groups in total. The second-order valence-electron chi connectivity index (χ2n) is 28.3. The van der Waals surface area contributed by atoms with Crippen LogP contribution in [0.2, 0.25) is 0 Å². The van der Waals surface area contributed by atoms with Gasteiger partial charge in [0, 0.05) is 68.2 Å². The van der Waals surface area contributed by atoms with Crippen LogP contribution in [0.25, 0.3) is 87.6 Å². The van der Waals surface area contributed by atoms with Crippen LogP contribution in [-0.4, -0.2) is 13.4 Å². The van der Waals surface area contributed by atoms with Gasteiger partial charge in [-0.25, -0.2) is 0 Å². The minimum Gasteiger partial charge on any atom is -0.456 e. The summed E-state index contributed by atoms with van der Waals surface area (Å²) < 4.78 is 13.5. The van der Waals surface area contributed by atoms with Crippen molar-refractivity contribution in [2.75, 3.05) is 9.80 Å². The number of fused-ring (bicyclic) bond motifs is 6. The van der Waals surface area contributed by atoms with E-state index in [1.165, 1.54) is 110 Å². The van der Waals surface area contributed by atoms with E-state index in [9.17, 15) is 0 Å². The zero-order chi connectivity index (χ0) is 72.0. The first-order valence-electron chi connectivity index (χ1n) is 37.2. The molecule has 2 aliphatic heterocycles. The lowest BCUT2D eigenvalue weighted by Crippen LogP contribution is -2.53. The Morgan fingerprint density at radius 3 is 0.944 bits per heavy atom. The number of benzene rings is 18. The summed E-state index contributed by atoms with van der Waals surface area (Å²) in [5, 5.41) is 9.61. The highest BCUT2D eigenvalue weighted by Gasteiger charge is 2.29. The molecule has 0 atom stereocenters. The highest BCUT2D eigenvalue weighted by Crippen LogP contribution is 2.53. The topological polar surface area (TPSA) is 24.9 Å². The average molecular weight is 1380 g/mol. The van der Waals surface area contributed by atoms with Crippen LogP contribution < -0.4 is 52.1 Å². The molecule has 18 aromatic rings. The first-order chi connectivity index (χ1) is 53.4. The van der Waals surface area contributed by atoms with Gasteiger partial charge in [-0.3, -0.25) is 0 Å².